The Kier molecular flexibility index (Phi) is 4.74. The first-order chi connectivity index (χ1) is 8.81. The molecular formula is C14H15NO3Si. The average Bonchev–Trinajstić information content (AvgIpc) is 2.33. The predicted molar refractivity (Wildman–Crippen MR) is 74.5 cm³/mol. The van der Waals surface area contributed by atoms with E-state index in [9.17, 15) is 4.79 Å². The van der Waals surface area contributed by atoms with Crippen molar-refractivity contribution in [3.05, 3.63) is 29.3 Å². The number of benzene rings is 1. The van der Waals surface area contributed by atoms with Gasteiger partial charge in [0, 0.05) is 0 Å². The number of carbonyl (C=O) groups is 1. The lowest BCUT2D eigenvalue weighted by Crippen LogP contribution is -2.16. The summed E-state index contributed by atoms with van der Waals surface area (Å²) in [7, 11) is -1.55. The van der Waals surface area contributed by atoms with E-state index in [0.717, 1.165) is 0 Å². The van der Waals surface area contributed by atoms with Crippen LogP contribution in [0.4, 0.5) is 0 Å². The fourth-order valence-electron chi connectivity index (χ4n) is 1.22. The van der Waals surface area contributed by atoms with Gasteiger partial charge in [0.05, 0.1) is 17.2 Å². The first-order valence-corrected chi connectivity index (χ1v) is 9.24. The Morgan fingerprint density at radius 3 is 2.63 bits per heavy atom. The van der Waals surface area contributed by atoms with Gasteiger partial charge < -0.3 is 9.84 Å². The van der Waals surface area contributed by atoms with E-state index >= 15 is 0 Å². The number of nitriles is 1. The molecule has 98 valence electrons. The molecule has 0 amide bonds. The fourth-order valence-corrected chi connectivity index (χ4v) is 1.73. The zero-order valence-corrected chi connectivity index (χ0v) is 12.2. The number of aliphatic carboxylic acids is 1. The second-order valence-electron chi connectivity index (χ2n) is 5.01. The van der Waals surface area contributed by atoms with Gasteiger partial charge in [-0.05, 0) is 18.2 Å². The molecule has 19 heavy (non-hydrogen) atoms. The number of nitrogens with zero attached hydrogens (tertiary/aromatic N) is 1. The smallest absolute Gasteiger partial charge is 0.341 e. The SMILES string of the molecule is C[Si](C)(C)C#Cc1cc(C#N)ccc1OCC(=O)O. The van der Waals surface area contributed by atoms with Crippen molar-refractivity contribution in [1.29, 1.82) is 5.26 Å². The Balaban J connectivity index is 3.12. The van der Waals surface area contributed by atoms with E-state index in [1.54, 1.807) is 18.2 Å². The Labute approximate surface area is 113 Å². The highest BCUT2D eigenvalue weighted by Gasteiger charge is 2.10. The van der Waals surface area contributed by atoms with E-state index in [1.807, 2.05) is 6.07 Å². The lowest BCUT2D eigenvalue weighted by Gasteiger charge is -2.07. The maximum atomic E-state index is 10.5. The molecule has 0 atom stereocenters. The lowest BCUT2D eigenvalue weighted by atomic mass is 10.1. The van der Waals surface area contributed by atoms with Crippen LogP contribution in [0.3, 0.4) is 0 Å². The molecule has 4 nitrogen and oxygen atoms in total. The maximum Gasteiger partial charge on any atom is 0.341 e. The summed E-state index contributed by atoms with van der Waals surface area (Å²) in [5.41, 5.74) is 4.20. The highest BCUT2D eigenvalue weighted by Crippen LogP contribution is 2.19. The third-order valence-corrected chi connectivity index (χ3v) is 2.91. The average molecular weight is 273 g/mol. The molecule has 1 aromatic rings. The number of hydrogen-bond acceptors (Lipinski definition) is 3. The number of carboxylic acid groups (broad SMARTS) is 1. The topological polar surface area (TPSA) is 70.3 Å². The van der Waals surface area contributed by atoms with Crippen molar-refractivity contribution in [1.82, 2.24) is 0 Å². The molecule has 5 heteroatoms. The number of carboxylic acids is 1. The molecule has 0 aliphatic carbocycles. The zero-order valence-electron chi connectivity index (χ0n) is 11.2. The summed E-state index contributed by atoms with van der Waals surface area (Å²) in [6, 6.07) is 6.80. The van der Waals surface area contributed by atoms with E-state index < -0.39 is 20.7 Å². The summed E-state index contributed by atoms with van der Waals surface area (Å²) in [6.07, 6.45) is 0. The van der Waals surface area contributed by atoms with Crippen molar-refractivity contribution in [2.75, 3.05) is 6.61 Å². The fraction of sp³-hybridized carbons (Fsp3) is 0.286. The molecule has 0 aliphatic heterocycles. The van der Waals surface area contributed by atoms with Crippen LogP contribution in [-0.2, 0) is 4.79 Å². The molecule has 1 N–H and O–H groups in total. The highest BCUT2D eigenvalue weighted by atomic mass is 28.3. The molecule has 0 bridgehead atoms. The van der Waals surface area contributed by atoms with Gasteiger partial charge >= 0.3 is 5.97 Å². The van der Waals surface area contributed by atoms with E-state index in [1.165, 1.54) is 0 Å². The van der Waals surface area contributed by atoms with Crippen molar-refractivity contribution in [3.8, 4) is 23.3 Å². The van der Waals surface area contributed by atoms with E-state index in [0.29, 0.717) is 16.9 Å². The molecule has 1 aromatic carbocycles. The monoisotopic (exact) mass is 273 g/mol. The van der Waals surface area contributed by atoms with Gasteiger partial charge in [0.15, 0.2) is 6.61 Å². The van der Waals surface area contributed by atoms with Crippen LogP contribution in [0.1, 0.15) is 11.1 Å². The third-order valence-electron chi connectivity index (χ3n) is 2.03. The van der Waals surface area contributed by atoms with Gasteiger partial charge in [0.25, 0.3) is 0 Å². The summed E-state index contributed by atoms with van der Waals surface area (Å²) >= 11 is 0. The first-order valence-electron chi connectivity index (χ1n) is 5.74. The van der Waals surface area contributed by atoms with E-state index in [-0.39, 0.29) is 0 Å². The van der Waals surface area contributed by atoms with E-state index in [2.05, 4.69) is 31.1 Å². The summed E-state index contributed by atoms with van der Waals surface area (Å²) in [6.45, 7) is 5.89. The summed E-state index contributed by atoms with van der Waals surface area (Å²) in [5.74, 6) is 2.34. The van der Waals surface area contributed by atoms with Crippen LogP contribution < -0.4 is 4.74 Å². The summed E-state index contributed by atoms with van der Waals surface area (Å²) in [4.78, 5) is 10.5. The van der Waals surface area contributed by atoms with Gasteiger partial charge in [0.1, 0.15) is 13.8 Å². The van der Waals surface area contributed by atoms with Gasteiger partial charge in [-0.25, -0.2) is 4.79 Å². The lowest BCUT2D eigenvalue weighted by molar-refractivity contribution is -0.139. The predicted octanol–water partition coefficient (Wildman–Crippen LogP) is 2.25. The van der Waals surface area contributed by atoms with Crippen LogP contribution >= 0.6 is 0 Å². The summed E-state index contributed by atoms with van der Waals surface area (Å²) in [5, 5.41) is 17.5. The number of rotatable bonds is 3. The Hall–Kier alpha value is -2.24. The van der Waals surface area contributed by atoms with Gasteiger partial charge in [-0.2, -0.15) is 5.26 Å². The van der Waals surface area contributed by atoms with Crippen molar-refractivity contribution < 1.29 is 14.6 Å². The molecule has 0 saturated carbocycles. The zero-order chi connectivity index (χ0) is 14.5. The minimum absolute atomic E-state index is 0.396. The maximum absolute atomic E-state index is 10.5. The highest BCUT2D eigenvalue weighted by molar-refractivity contribution is 6.83. The Bertz CT molecular complexity index is 585. The molecule has 0 radical (unpaired) electrons. The largest absolute Gasteiger partial charge is 0.481 e. The van der Waals surface area contributed by atoms with Gasteiger partial charge in [-0.3, -0.25) is 0 Å². The normalized spacial score (nSPS) is 10.0. The number of hydrogen-bond donors (Lipinski definition) is 1. The van der Waals surface area contributed by atoms with Crippen LogP contribution in [-0.4, -0.2) is 25.8 Å². The third kappa shape index (κ3) is 5.28. The summed E-state index contributed by atoms with van der Waals surface area (Å²) < 4.78 is 5.17. The van der Waals surface area contributed by atoms with Crippen LogP contribution in [0.5, 0.6) is 5.75 Å². The second-order valence-corrected chi connectivity index (χ2v) is 9.76. The molecule has 0 fully saturated rings. The molecule has 0 aromatic heterocycles. The molecule has 0 spiro atoms. The minimum Gasteiger partial charge on any atom is -0.481 e. The Morgan fingerprint density at radius 2 is 2.11 bits per heavy atom. The van der Waals surface area contributed by atoms with E-state index in [4.69, 9.17) is 15.1 Å². The molecule has 0 aliphatic rings. The van der Waals surface area contributed by atoms with Gasteiger partial charge in [0.2, 0.25) is 0 Å². The first kappa shape index (κ1) is 14.8. The van der Waals surface area contributed by atoms with Crippen molar-refractivity contribution in [2.45, 2.75) is 19.6 Å². The van der Waals surface area contributed by atoms with Crippen LogP contribution in [0, 0.1) is 22.8 Å². The minimum atomic E-state index is -1.55. The molecule has 0 unspecified atom stereocenters. The molecule has 0 heterocycles. The van der Waals surface area contributed by atoms with Crippen LogP contribution in [0.25, 0.3) is 0 Å². The van der Waals surface area contributed by atoms with Crippen LogP contribution in [0.2, 0.25) is 19.6 Å². The van der Waals surface area contributed by atoms with Gasteiger partial charge in [-0.15, -0.1) is 5.54 Å². The quantitative estimate of drug-likeness (QED) is 0.677. The molecular weight excluding hydrogens is 258 g/mol. The molecule has 1 rings (SSSR count). The van der Waals surface area contributed by atoms with Crippen molar-refractivity contribution in [2.24, 2.45) is 0 Å². The molecule has 0 saturated heterocycles. The van der Waals surface area contributed by atoms with Crippen molar-refractivity contribution in [3.63, 3.8) is 0 Å². The second kappa shape index (κ2) is 6.08. The Morgan fingerprint density at radius 1 is 1.42 bits per heavy atom. The van der Waals surface area contributed by atoms with Crippen LogP contribution in [0.15, 0.2) is 18.2 Å². The number of ether oxygens (including phenoxy) is 1. The van der Waals surface area contributed by atoms with Gasteiger partial charge in [-0.1, -0.05) is 25.6 Å². The van der Waals surface area contributed by atoms with Crippen molar-refractivity contribution >= 4 is 14.0 Å². The standard InChI is InChI=1S/C14H15NO3Si/c1-19(2,3)7-6-12-8-11(9-15)4-5-13(12)18-10-14(16)17/h4-5,8H,10H2,1-3H3,(H,16,17).